The molecule has 12 nitrogen and oxygen atoms in total. The number of rotatable bonds is 3. The molecule has 3 aromatic rings. The third-order valence-electron chi connectivity index (χ3n) is 8.45. The summed E-state index contributed by atoms with van der Waals surface area (Å²) >= 11 is 0. The smallest absolute Gasteiger partial charge is 0.416 e. The predicted octanol–water partition coefficient (Wildman–Crippen LogP) is 2.43. The zero-order chi connectivity index (χ0) is 28.6. The highest BCUT2D eigenvalue weighted by atomic mass is 19.1. The van der Waals surface area contributed by atoms with Gasteiger partial charge in [-0.25, -0.2) is 14.0 Å². The number of ether oxygens (including phenoxy) is 2. The van der Waals surface area contributed by atoms with Crippen LogP contribution in [-0.4, -0.2) is 66.5 Å². The summed E-state index contributed by atoms with van der Waals surface area (Å²) < 4.78 is 33.2. The number of barbiturate groups is 1. The van der Waals surface area contributed by atoms with Crippen molar-refractivity contribution in [1.82, 2.24) is 15.8 Å². The maximum Gasteiger partial charge on any atom is 0.416 e. The number of hydrogen-bond acceptors (Lipinski definition) is 9. The molecule has 4 aliphatic heterocycles. The summed E-state index contributed by atoms with van der Waals surface area (Å²) in [5, 5.41) is 8.73. The number of halogens is 1. The minimum absolute atomic E-state index is 0.0812. The molecule has 5 amide bonds. The number of imide groups is 2. The highest BCUT2D eigenvalue weighted by molar-refractivity contribution is 6.20. The molecule has 7 rings (SSSR count). The number of carbonyl (C=O) groups excluding carboxylic acids is 4. The lowest BCUT2D eigenvalue weighted by atomic mass is 9.66. The Labute approximate surface area is 232 Å². The van der Waals surface area contributed by atoms with Crippen molar-refractivity contribution in [2.75, 3.05) is 23.0 Å². The fourth-order valence-electron chi connectivity index (χ4n) is 6.87. The zero-order valence-electron chi connectivity index (χ0n) is 22.2. The van der Waals surface area contributed by atoms with Crippen molar-refractivity contribution >= 4 is 46.4 Å². The summed E-state index contributed by atoms with van der Waals surface area (Å²) in [7, 11) is 0. The molecule has 0 unspecified atom stereocenters. The van der Waals surface area contributed by atoms with Gasteiger partial charge < -0.3 is 18.9 Å². The molecule has 4 aliphatic rings. The highest BCUT2D eigenvalue weighted by Crippen LogP contribution is 2.50. The van der Waals surface area contributed by atoms with Crippen molar-refractivity contribution in [3.8, 4) is 0 Å². The number of benzene rings is 2. The van der Waals surface area contributed by atoms with Gasteiger partial charge in [-0.05, 0) is 37.5 Å². The lowest BCUT2D eigenvalue weighted by Gasteiger charge is -2.55. The van der Waals surface area contributed by atoms with Gasteiger partial charge in [-0.1, -0.05) is 35.5 Å². The van der Waals surface area contributed by atoms with E-state index in [0.717, 1.165) is 5.56 Å². The Bertz CT molecular complexity index is 1600. The Balaban J connectivity index is 1.37. The van der Waals surface area contributed by atoms with E-state index in [0.29, 0.717) is 12.0 Å². The first kappa shape index (κ1) is 25.4. The number of cyclic esters (lactones) is 1. The number of fused-ring (bicyclic) bond motifs is 5. The van der Waals surface area contributed by atoms with Crippen LogP contribution < -0.4 is 20.4 Å². The van der Waals surface area contributed by atoms with Crippen molar-refractivity contribution in [3.63, 3.8) is 0 Å². The third-order valence-corrected chi connectivity index (χ3v) is 8.45. The Hall–Kier alpha value is -4.52. The van der Waals surface area contributed by atoms with Crippen molar-refractivity contribution in [3.05, 3.63) is 53.3 Å². The molecule has 3 saturated heterocycles. The summed E-state index contributed by atoms with van der Waals surface area (Å²) in [5.74, 6) is -2.21. The molecule has 2 N–H and O–H groups in total. The summed E-state index contributed by atoms with van der Waals surface area (Å²) in [5.41, 5.74) is -0.458. The maximum atomic E-state index is 16.4. The molecular weight excluding hydrogens is 537 g/mol. The van der Waals surface area contributed by atoms with E-state index >= 15 is 4.39 Å². The standard InChI is InChI=1S/C28H26FN5O7/c1-13-11-33-20-16(10-28(22(33)14(2)40-13)24(35)30-26(37)31-25(28)36)9-18-21(19(20)29)41-32-23(18)34-17(12-39-27(34)38)8-15-6-4-3-5-7-15/h3-7,9,13-14,17,22H,8,10-12H2,1-2H3,(H2,30,31,35,36,37)/t13-,14+,17-,22-/m0/s1. The molecule has 0 saturated carbocycles. The van der Waals surface area contributed by atoms with Crippen LogP contribution >= 0.6 is 0 Å². The molecule has 41 heavy (non-hydrogen) atoms. The zero-order valence-corrected chi connectivity index (χ0v) is 22.2. The average Bonchev–Trinajstić information content (AvgIpc) is 3.50. The summed E-state index contributed by atoms with van der Waals surface area (Å²) in [6, 6.07) is 8.91. The minimum atomic E-state index is -1.78. The van der Waals surface area contributed by atoms with Crippen LogP contribution in [0.2, 0.25) is 0 Å². The number of nitrogens with one attached hydrogen (secondary N) is 2. The number of aromatic nitrogens is 1. The number of nitrogens with zero attached hydrogens (tertiary/aromatic N) is 3. The van der Waals surface area contributed by atoms with E-state index in [2.05, 4.69) is 15.8 Å². The molecule has 1 spiro atoms. The van der Waals surface area contributed by atoms with Gasteiger partial charge in [0.2, 0.25) is 17.4 Å². The van der Waals surface area contributed by atoms with Gasteiger partial charge in [-0.15, -0.1) is 0 Å². The molecule has 4 atom stereocenters. The van der Waals surface area contributed by atoms with Gasteiger partial charge in [-0.2, -0.15) is 0 Å². The summed E-state index contributed by atoms with van der Waals surface area (Å²) in [4.78, 5) is 54.8. The van der Waals surface area contributed by atoms with Gasteiger partial charge in [0, 0.05) is 13.0 Å². The molecule has 212 valence electrons. The largest absolute Gasteiger partial charge is 0.447 e. The summed E-state index contributed by atoms with van der Waals surface area (Å²) in [6.07, 6.45) is -1.39. The summed E-state index contributed by atoms with van der Waals surface area (Å²) in [6.45, 7) is 3.82. The lowest BCUT2D eigenvalue weighted by Crippen LogP contribution is -2.75. The second-order valence-electron chi connectivity index (χ2n) is 11.0. The normalized spacial score (nSPS) is 27.0. The van der Waals surface area contributed by atoms with Crippen LogP contribution in [0.4, 0.5) is 25.5 Å². The first-order chi connectivity index (χ1) is 19.7. The Morgan fingerprint density at radius 2 is 1.83 bits per heavy atom. The van der Waals surface area contributed by atoms with Crippen LogP contribution in [-0.2, 0) is 31.9 Å². The second kappa shape index (κ2) is 8.99. The van der Waals surface area contributed by atoms with E-state index < -0.39 is 53.4 Å². The van der Waals surface area contributed by atoms with Gasteiger partial charge in [0.05, 0.1) is 35.4 Å². The molecular formula is C28H26FN5O7. The molecule has 0 aliphatic carbocycles. The minimum Gasteiger partial charge on any atom is -0.447 e. The average molecular weight is 564 g/mol. The first-order valence-electron chi connectivity index (χ1n) is 13.4. The number of carbonyl (C=O) groups is 4. The van der Waals surface area contributed by atoms with Crippen LogP contribution in [0.3, 0.4) is 0 Å². The van der Waals surface area contributed by atoms with E-state index in [4.69, 9.17) is 14.0 Å². The van der Waals surface area contributed by atoms with Gasteiger partial charge >= 0.3 is 12.1 Å². The van der Waals surface area contributed by atoms with Gasteiger partial charge in [0.25, 0.3) is 0 Å². The van der Waals surface area contributed by atoms with Crippen molar-refractivity contribution in [1.29, 1.82) is 0 Å². The van der Waals surface area contributed by atoms with Crippen LogP contribution in [0.1, 0.15) is 25.0 Å². The third kappa shape index (κ3) is 3.64. The lowest BCUT2D eigenvalue weighted by molar-refractivity contribution is -0.153. The SMILES string of the molecule is C[C@H]1CN2c3c(cc4c(N5C(=O)OC[C@@H]5Cc5ccccc5)noc4c3F)CC3(C(=O)NC(=O)NC3=O)[C@@H]2[C@@H](C)O1. The van der Waals surface area contributed by atoms with E-state index in [9.17, 15) is 19.2 Å². The quantitative estimate of drug-likeness (QED) is 0.459. The van der Waals surface area contributed by atoms with E-state index in [1.807, 2.05) is 37.3 Å². The number of urea groups is 1. The topological polar surface area (TPSA) is 143 Å². The van der Waals surface area contributed by atoms with Gasteiger partial charge in [-0.3, -0.25) is 25.1 Å². The highest BCUT2D eigenvalue weighted by Gasteiger charge is 2.63. The molecule has 13 heteroatoms. The molecule has 2 aromatic carbocycles. The van der Waals surface area contributed by atoms with Crippen molar-refractivity contribution < 1.29 is 37.6 Å². The van der Waals surface area contributed by atoms with E-state index in [-0.39, 0.29) is 48.2 Å². The fourth-order valence-corrected chi connectivity index (χ4v) is 6.87. The second-order valence-corrected chi connectivity index (χ2v) is 11.0. The number of hydrogen-bond donors (Lipinski definition) is 2. The Morgan fingerprint density at radius 1 is 1.10 bits per heavy atom. The fraction of sp³-hybridized carbons (Fsp3) is 0.393. The first-order valence-corrected chi connectivity index (χ1v) is 13.4. The van der Waals surface area contributed by atoms with Crippen LogP contribution in [0, 0.1) is 11.2 Å². The van der Waals surface area contributed by atoms with Crippen LogP contribution in [0.15, 0.2) is 40.9 Å². The van der Waals surface area contributed by atoms with E-state index in [1.165, 1.54) is 4.90 Å². The molecule has 0 bridgehead atoms. The van der Waals surface area contributed by atoms with Gasteiger partial charge in [0.15, 0.2) is 17.1 Å². The molecule has 5 heterocycles. The van der Waals surface area contributed by atoms with E-state index in [1.54, 1.807) is 17.9 Å². The monoisotopic (exact) mass is 563 g/mol. The van der Waals surface area contributed by atoms with Crippen LogP contribution in [0.25, 0.3) is 11.0 Å². The Morgan fingerprint density at radius 3 is 2.56 bits per heavy atom. The molecule has 1 aromatic heterocycles. The Kier molecular flexibility index (Phi) is 5.58. The van der Waals surface area contributed by atoms with Crippen LogP contribution in [0.5, 0.6) is 0 Å². The molecule has 3 fully saturated rings. The molecule has 0 radical (unpaired) electrons. The maximum absolute atomic E-state index is 16.4. The number of amides is 5. The predicted molar refractivity (Wildman–Crippen MR) is 141 cm³/mol. The van der Waals surface area contributed by atoms with Gasteiger partial charge in [0.1, 0.15) is 6.61 Å². The van der Waals surface area contributed by atoms with Crippen molar-refractivity contribution in [2.45, 2.75) is 51.0 Å². The number of morpholine rings is 1. The number of anilines is 2. The van der Waals surface area contributed by atoms with Crippen molar-refractivity contribution in [2.24, 2.45) is 5.41 Å².